The van der Waals surface area contributed by atoms with Gasteiger partial charge >= 0.3 is 5.97 Å². The van der Waals surface area contributed by atoms with E-state index in [0.29, 0.717) is 22.5 Å². The molecule has 0 fully saturated rings. The molecule has 0 unspecified atom stereocenters. The molecule has 0 aliphatic carbocycles. The number of hydrogen-bond donors (Lipinski definition) is 2. The number of aromatic nitrogens is 3. The molecule has 12 heteroatoms. The van der Waals surface area contributed by atoms with Crippen molar-refractivity contribution in [3.8, 4) is 5.75 Å². The monoisotopic (exact) mass is 531 g/mol. The quantitative estimate of drug-likeness (QED) is 0.281. The Morgan fingerprint density at radius 1 is 1.19 bits per heavy atom. The summed E-state index contributed by atoms with van der Waals surface area (Å²) in [5, 5.41) is 11.7. The number of nitrogens with zero attached hydrogens (tertiary/aromatic N) is 3. The third-order valence-corrected chi connectivity index (χ3v) is 7.52. The first-order chi connectivity index (χ1) is 17.1. The fourth-order valence-corrected chi connectivity index (χ4v) is 5.06. The van der Waals surface area contributed by atoms with Crippen LogP contribution < -0.4 is 15.8 Å². The van der Waals surface area contributed by atoms with Gasteiger partial charge in [-0.15, -0.1) is 21.5 Å². The minimum Gasteiger partial charge on any atom is -0.486 e. The van der Waals surface area contributed by atoms with Gasteiger partial charge in [0, 0.05) is 7.05 Å². The molecule has 1 aromatic carbocycles. The van der Waals surface area contributed by atoms with Gasteiger partial charge in [0.2, 0.25) is 5.91 Å². The molecule has 36 heavy (non-hydrogen) atoms. The van der Waals surface area contributed by atoms with E-state index in [1.807, 2.05) is 24.3 Å². The second kappa shape index (κ2) is 12.0. The van der Waals surface area contributed by atoms with Crippen molar-refractivity contribution in [3.05, 3.63) is 51.7 Å². The zero-order valence-corrected chi connectivity index (χ0v) is 22.4. The second-order valence-corrected chi connectivity index (χ2v) is 10.1. The minimum absolute atomic E-state index is 0.00854. The highest BCUT2D eigenvalue weighted by Gasteiger charge is 2.26. The van der Waals surface area contributed by atoms with Crippen molar-refractivity contribution in [1.82, 2.24) is 14.8 Å². The number of carbonyl (C=O) groups is 3. The standard InChI is InChI=1S/C24H29N5O5S2/c1-6-33-23(32)19-14(4)20(21(25)31)36-22(19)26-18(30)12-35-24-28-27-17(29(24)5)11-34-16-9-7-15(8-10-16)13(2)3/h7-10,13H,6,11-12H2,1-5H3,(H2,25,31)(H,26,30). The number of anilines is 1. The lowest BCUT2D eigenvalue weighted by Crippen LogP contribution is -2.17. The molecule has 0 saturated heterocycles. The van der Waals surface area contributed by atoms with Crippen LogP contribution >= 0.6 is 23.1 Å². The number of carbonyl (C=O) groups excluding carboxylic acids is 3. The van der Waals surface area contributed by atoms with E-state index in [1.54, 1.807) is 25.5 Å². The molecule has 3 aromatic rings. The van der Waals surface area contributed by atoms with Crippen molar-refractivity contribution in [2.24, 2.45) is 12.8 Å². The average molecular weight is 532 g/mol. The van der Waals surface area contributed by atoms with Crippen LogP contribution in [0.25, 0.3) is 0 Å². The Hall–Kier alpha value is -3.38. The van der Waals surface area contributed by atoms with Gasteiger partial charge in [0.05, 0.1) is 22.8 Å². The van der Waals surface area contributed by atoms with Gasteiger partial charge in [-0.3, -0.25) is 9.59 Å². The molecule has 0 aliphatic heterocycles. The van der Waals surface area contributed by atoms with Crippen molar-refractivity contribution >= 4 is 45.9 Å². The largest absolute Gasteiger partial charge is 0.486 e. The predicted molar refractivity (Wildman–Crippen MR) is 139 cm³/mol. The molecule has 3 N–H and O–H groups in total. The van der Waals surface area contributed by atoms with E-state index in [0.717, 1.165) is 17.1 Å². The van der Waals surface area contributed by atoms with Gasteiger partial charge in [-0.1, -0.05) is 37.7 Å². The highest BCUT2D eigenvalue weighted by Crippen LogP contribution is 2.33. The van der Waals surface area contributed by atoms with Gasteiger partial charge in [0.1, 0.15) is 17.4 Å². The third kappa shape index (κ3) is 6.43. The van der Waals surface area contributed by atoms with Crippen molar-refractivity contribution in [2.45, 2.75) is 45.4 Å². The lowest BCUT2D eigenvalue weighted by atomic mass is 10.0. The van der Waals surface area contributed by atoms with Crippen LogP contribution in [0.1, 0.15) is 63.7 Å². The predicted octanol–water partition coefficient (Wildman–Crippen LogP) is 3.89. The molecular weight excluding hydrogens is 502 g/mol. The van der Waals surface area contributed by atoms with Crippen LogP contribution in [-0.4, -0.2) is 44.9 Å². The molecule has 2 heterocycles. The van der Waals surface area contributed by atoms with Gasteiger partial charge in [0.25, 0.3) is 5.91 Å². The van der Waals surface area contributed by atoms with Gasteiger partial charge in [-0.05, 0) is 43.0 Å². The van der Waals surface area contributed by atoms with Gasteiger partial charge in [-0.2, -0.15) is 0 Å². The average Bonchev–Trinajstić information content (AvgIpc) is 3.35. The maximum atomic E-state index is 12.6. The molecule has 0 spiro atoms. The van der Waals surface area contributed by atoms with Gasteiger partial charge < -0.3 is 25.1 Å². The summed E-state index contributed by atoms with van der Waals surface area (Å²) in [6.45, 7) is 7.92. The van der Waals surface area contributed by atoms with Crippen LogP contribution in [0.2, 0.25) is 0 Å². The van der Waals surface area contributed by atoms with Crippen molar-refractivity contribution in [1.29, 1.82) is 0 Å². The Morgan fingerprint density at radius 3 is 2.50 bits per heavy atom. The SMILES string of the molecule is CCOC(=O)c1c(NC(=O)CSc2nnc(COc3ccc(C(C)C)cc3)n2C)sc(C(N)=O)c1C. The number of thioether (sulfide) groups is 1. The summed E-state index contributed by atoms with van der Waals surface area (Å²) in [6, 6.07) is 7.91. The number of nitrogens with one attached hydrogen (secondary N) is 1. The van der Waals surface area contributed by atoms with E-state index in [9.17, 15) is 14.4 Å². The molecule has 3 rings (SSSR count). The smallest absolute Gasteiger partial charge is 0.341 e. The lowest BCUT2D eigenvalue weighted by Gasteiger charge is -2.09. The summed E-state index contributed by atoms with van der Waals surface area (Å²) in [7, 11) is 1.79. The number of ether oxygens (including phenoxy) is 2. The van der Waals surface area contributed by atoms with E-state index in [-0.39, 0.29) is 40.3 Å². The molecule has 0 saturated carbocycles. The van der Waals surface area contributed by atoms with Crippen LogP contribution in [-0.2, 0) is 23.2 Å². The highest BCUT2D eigenvalue weighted by atomic mass is 32.2. The van der Waals surface area contributed by atoms with E-state index >= 15 is 0 Å². The maximum absolute atomic E-state index is 12.6. The van der Waals surface area contributed by atoms with Gasteiger partial charge in [-0.25, -0.2) is 4.79 Å². The lowest BCUT2D eigenvalue weighted by molar-refractivity contribution is -0.113. The van der Waals surface area contributed by atoms with E-state index in [4.69, 9.17) is 15.2 Å². The normalized spacial score (nSPS) is 10.9. The zero-order valence-electron chi connectivity index (χ0n) is 20.8. The maximum Gasteiger partial charge on any atom is 0.341 e. The summed E-state index contributed by atoms with van der Waals surface area (Å²) in [5.41, 5.74) is 7.16. The van der Waals surface area contributed by atoms with E-state index in [2.05, 4.69) is 29.4 Å². The molecule has 0 bridgehead atoms. The summed E-state index contributed by atoms with van der Waals surface area (Å²) in [6.07, 6.45) is 0. The second-order valence-electron chi connectivity index (χ2n) is 8.15. The number of rotatable bonds is 11. The van der Waals surface area contributed by atoms with E-state index < -0.39 is 11.9 Å². The Morgan fingerprint density at radius 2 is 1.89 bits per heavy atom. The van der Waals surface area contributed by atoms with Crippen LogP contribution in [0.15, 0.2) is 29.4 Å². The van der Waals surface area contributed by atoms with Crippen molar-refractivity contribution < 1.29 is 23.9 Å². The number of esters is 1. The molecule has 10 nitrogen and oxygen atoms in total. The number of hydrogen-bond acceptors (Lipinski definition) is 9. The molecule has 2 aromatic heterocycles. The number of thiophene rings is 1. The highest BCUT2D eigenvalue weighted by molar-refractivity contribution is 7.99. The number of primary amides is 1. The Kier molecular flexibility index (Phi) is 9.10. The fourth-order valence-electron chi connectivity index (χ4n) is 3.27. The summed E-state index contributed by atoms with van der Waals surface area (Å²) < 4.78 is 12.6. The minimum atomic E-state index is -0.678. The van der Waals surface area contributed by atoms with Crippen LogP contribution in [0.3, 0.4) is 0 Å². The third-order valence-electron chi connectivity index (χ3n) is 5.28. The Balaban J connectivity index is 1.61. The molecule has 0 radical (unpaired) electrons. The van der Waals surface area contributed by atoms with E-state index in [1.165, 1.54) is 17.3 Å². The molecule has 2 amide bonds. The van der Waals surface area contributed by atoms with Crippen LogP contribution in [0.4, 0.5) is 5.00 Å². The molecule has 0 aliphatic rings. The van der Waals surface area contributed by atoms with Crippen LogP contribution in [0, 0.1) is 6.92 Å². The number of benzene rings is 1. The first-order valence-corrected chi connectivity index (χ1v) is 13.1. The van der Waals surface area contributed by atoms with Gasteiger partial charge in [0.15, 0.2) is 11.0 Å². The molecule has 192 valence electrons. The van der Waals surface area contributed by atoms with Crippen molar-refractivity contribution in [3.63, 3.8) is 0 Å². The Labute approximate surface area is 217 Å². The number of amides is 2. The molecular formula is C24H29N5O5S2. The zero-order chi connectivity index (χ0) is 26.4. The van der Waals surface area contributed by atoms with Crippen molar-refractivity contribution in [2.75, 3.05) is 17.7 Å². The Bertz CT molecular complexity index is 1250. The summed E-state index contributed by atoms with van der Waals surface area (Å²) in [4.78, 5) is 36.9. The first-order valence-electron chi connectivity index (χ1n) is 11.3. The topological polar surface area (TPSA) is 138 Å². The number of nitrogens with two attached hydrogens (primary N) is 1. The first kappa shape index (κ1) is 27.2. The fraction of sp³-hybridized carbons (Fsp3) is 0.375. The van der Waals surface area contributed by atoms with Crippen LogP contribution in [0.5, 0.6) is 5.75 Å². The summed E-state index contributed by atoms with van der Waals surface area (Å²) >= 11 is 2.13. The summed E-state index contributed by atoms with van der Waals surface area (Å²) in [5.74, 6) is 0.106. The molecule has 0 atom stereocenters.